The number of hydrogen-bond acceptors (Lipinski definition) is 1. The lowest BCUT2D eigenvalue weighted by Crippen LogP contribution is -2.24. The molecule has 2 aliphatic carbocycles. The van der Waals surface area contributed by atoms with Crippen LogP contribution in [0.1, 0.15) is 42.2 Å². The maximum atomic E-state index is 12.4. The van der Waals surface area contributed by atoms with Crippen LogP contribution in [0, 0.1) is 0 Å². The van der Waals surface area contributed by atoms with Crippen molar-refractivity contribution in [1.82, 2.24) is 4.57 Å². The van der Waals surface area contributed by atoms with Gasteiger partial charge in [0.05, 0.1) is 5.52 Å². The Morgan fingerprint density at radius 1 is 1.12 bits per heavy atom. The molecule has 2 aliphatic rings. The van der Waals surface area contributed by atoms with Gasteiger partial charge in [-0.05, 0) is 42.7 Å². The Hall–Kier alpha value is -1.57. The smallest absolute Gasteiger partial charge is 0.254 e. The van der Waals surface area contributed by atoms with Crippen LogP contribution in [0.3, 0.4) is 0 Å². The zero-order chi connectivity index (χ0) is 11.6. The van der Waals surface area contributed by atoms with E-state index >= 15 is 0 Å². The van der Waals surface area contributed by atoms with Gasteiger partial charge in [-0.2, -0.15) is 0 Å². The minimum Gasteiger partial charge on any atom is -0.311 e. The summed E-state index contributed by atoms with van der Waals surface area (Å²) in [6.45, 7) is 0. The molecule has 0 amide bonds. The monoisotopic (exact) mass is 225 g/mol. The van der Waals surface area contributed by atoms with Crippen molar-refractivity contribution in [2.24, 2.45) is 7.05 Å². The maximum absolute atomic E-state index is 12.4. The summed E-state index contributed by atoms with van der Waals surface area (Å²) in [6.07, 6.45) is 3.69. The van der Waals surface area contributed by atoms with Crippen LogP contribution in [0.2, 0.25) is 0 Å². The van der Waals surface area contributed by atoms with Gasteiger partial charge in [-0.3, -0.25) is 4.79 Å². The molecule has 2 atom stereocenters. The number of fused-ring (bicyclic) bond motifs is 7. The van der Waals surface area contributed by atoms with E-state index in [-0.39, 0.29) is 5.56 Å². The van der Waals surface area contributed by atoms with Crippen molar-refractivity contribution in [3.05, 3.63) is 45.7 Å². The van der Waals surface area contributed by atoms with Gasteiger partial charge in [0.2, 0.25) is 0 Å². The van der Waals surface area contributed by atoms with Gasteiger partial charge in [-0.25, -0.2) is 0 Å². The van der Waals surface area contributed by atoms with Gasteiger partial charge in [0.25, 0.3) is 5.56 Å². The molecule has 2 heteroatoms. The zero-order valence-electron chi connectivity index (χ0n) is 9.94. The van der Waals surface area contributed by atoms with E-state index in [2.05, 4.69) is 18.2 Å². The molecule has 2 aromatic rings. The summed E-state index contributed by atoms with van der Waals surface area (Å²) in [5.74, 6) is 1.19. The van der Waals surface area contributed by atoms with Crippen molar-refractivity contribution >= 4 is 10.9 Å². The van der Waals surface area contributed by atoms with Crippen molar-refractivity contribution in [2.75, 3.05) is 0 Å². The Morgan fingerprint density at radius 3 is 2.65 bits per heavy atom. The fraction of sp³-hybridized carbons (Fsp3) is 0.400. The SMILES string of the molecule is Cn1c(=O)c2c(c3ccccc31)[C@@H]1CC[C@H]2C1. The van der Waals surface area contributed by atoms with E-state index < -0.39 is 0 Å². The molecule has 1 aromatic carbocycles. The Balaban J connectivity index is 2.24. The molecule has 1 aromatic heterocycles. The maximum Gasteiger partial charge on any atom is 0.254 e. The second kappa shape index (κ2) is 3.00. The van der Waals surface area contributed by atoms with Crippen molar-refractivity contribution in [1.29, 1.82) is 0 Å². The van der Waals surface area contributed by atoms with Gasteiger partial charge in [0.15, 0.2) is 0 Å². The molecule has 2 nitrogen and oxygen atoms in total. The summed E-state index contributed by atoms with van der Waals surface area (Å²) >= 11 is 0. The van der Waals surface area contributed by atoms with Crippen LogP contribution >= 0.6 is 0 Å². The molecule has 1 saturated carbocycles. The standard InChI is InChI=1S/C15H15NO/c1-16-12-5-3-2-4-11(12)13-9-6-7-10(8-9)14(13)15(16)17/h2-5,9-10H,6-8H2,1H3/t9-,10+/m1/s1. The van der Waals surface area contributed by atoms with Crippen molar-refractivity contribution < 1.29 is 0 Å². The average molecular weight is 225 g/mol. The molecule has 0 radical (unpaired) electrons. The number of nitrogens with zero attached hydrogens (tertiary/aromatic N) is 1. The number of aryl methyl sites for hydroxylation is 1. The summed E-state index contributed by atoms with van der Waals surface area (Å²) in [5.41, 5.74) is 3.83. The van der Waals surface area contributed by atoms with Crippen LogP contribution in [-0.4, -0.2) is 4.57 Å². The van der Waals surface area contributed by atoms with Crippen LogP contribution in [0.4, 0.5) is 0 Å². The highest BCUT2D eigenvalue weighted by Crippen LogP contribution is 2.53. The van der Waals surface area contributed by atoms with Crippen LogP contribution in [0.25, 0.3) is 10.9 Å². The molecule has 2 bridgehead atoms. The van der Waals surface area contributed by atoms with Gasteiger partial charge in [-0.15, -0.1) is 0 Å². The van der Waals surface area contributed by atoms with E-state index in [1.54, 1.807) is 0 Å². The van der Waals surface area contributed by atoms with Gasteiger partial charge >= 0.3 is 0 Å². The normalized spacial score (nSPS) is 25.5. The van der Waals surface area contributed by atoms with Crippen molar-refractivity contribution in [2.45, 2.75) is 31.1 Å². The average Bonchev–Trinajstić information content (AvgIpc) is 2.96. The topological polar surface area (TPSA) is 22.0 Å². The molecule has 0 unspecified atom stereocenters. The fourth-order valence-corrected chi connectivity index (χ4v) is 3.88. The molecule has 1 fully saturated rings. The van der Waals surface area contributed by atoms with E-state index in [1.165, 1.54) is 30.2 Å². The number of aromatic nitrogens is 1. The quantitative estimate of drug-likeness (QED) is 0.675. The lowest BCUT2D eigenvalue weighted by atomic mass is 9.90. The first-order chi connectivity index (χ1) is 8.27. The predicted molar refractivity (Wildman–Crippen MR) is 68.5 cm³/mol. The third kappa shape index (κ3) is 1.03. The van der Waals surface area contributed by atoms with Crippen LogP contribution in [0.5, 0.6) is 0 Å². The number of rotatable bonds is 0. The summed E-state index contributed by atoms with van der Waals surface area (Å²) < 4.78 is 1.83. The molecule has 17 heavy (non-hydrogen) atoms. The van der Waals surface area contributed by atoms with Gasteiger partial charge in [0.1, 0.15) is 0 Å². The second-order valence-electron chi connectivity index (χ2n) is 5.42. The third-order valence-corrected chi connectivity index (χ3v) is 4.63. The number of pyridine rings is 1. The molecule has 1 heterocycles. The van der Waals surface area contributed by atoms with Gasteiger partial charge in [0, 0.05) is 18.0 Å². The summed E-state index contributed by atoms with van der Waals surface area (Å²) in [6, 6.07) is 8.33. The van der Waals surface area contributed by atoms with E-state index in [4.69, 9.17) is 0 Å². The molecule has 0 saturated heterocycles. The highest BCUT2D eigenvalue weighted by atomic mass is 16.1. The minimum absolute atomic E-state index is 0.242. The molecule has 0 spiro atoms. The first kappa shape index (κ1) is 9.46. The Kier molecular flexibility index (Phi) is 1.67. The first-order valence-corrected chi connectivity index (χ1v) is 6.39. The van der Waals surface area contributed by atoms with E-state index in [0.29, 0.717) is 11.8 Å². The third-order valence-electron chi connectivity index (χ3n) is 4.63. The Labute approximate surface area is 99.9 Å². The van der Waals surface area contributed by atoms with Gasteiger partial charge < -0.3 is 4.57 Å². The predicted octanol–water partition coefficient (Wildman–Crippen LogP) is 2.90. The second-order valence-corrected chi connectivity index (χ2v) is 5.42. The van der Waals surface area contributed by atoms with Crippen molar-refractivity contribution in [3.63, 3.8) is 0 Å². The van der Waals surface area contributed by atoms with Crippen molar-refractivity contribution in [3.8, 4) is 0 Å². The van der Waals surface area contributed by atoms with Crippen LogP contribution in [0.15, 0.2) is 29.1 Å². The molecule has 0 aliphatic heterocycles. The van der Waals surface area contributed by atoms with Crippen LogP contribution in [-0.2, 0) is 7.05 Å². The molecule has 0 N–H and O–H groups in total. The lowest BCUT2D eigenvalue weighted by Gasteiger charge is -2.18. The molecular weight excluding hydrogens is 210 g/mol. The van der Waals surface area contributed by atoms with E-state index in [9.17, 15) is 4.79 Å². The highest BCUT2D eigenvalue weighted by molar-refractivity contribution is 5.85. The number of para-hydroxylation sites is 1. The summed E-state index contributed by atoms with van der Waals surface area (Å²) in [7, 11) is 1.90. The first-order valence-electron chi connectivity index (χ1n) is 6.39. The van der Waals surface area contributed by atoms with E-state index in [1.807, 2.05) is 17.7 Å². The molecule has 4 rings (SSSR count). The minimum atomic E-state index is 0.242. The highest BCUT2D eigenvalue weighted by Gasteiger charge is 2.40. The van der Waals surface area contributed by atoms with Crippen LogP contribution < -0.4 is 5.56 Å². The zero-order valence-corrected chi connectivity index (χ0v) is 9.94. The number of hydrogen-bond donors (Lipinski definition) is 0. The summed E-state index contributed by atoms with van der Waals surface area (Å²) in [4.78, 5) is 12.4. The molecule has 86 valence electrons. The number of benzene rings is 1. The largest absolute Gasteiger partial charge is 0.311 e. The lowest BCUT2D eigenvalue weighted by molar-refractivity contribution is 0.700. The Bertz CT molecular complexity index is 683. The summed E-state index contributed by atoms with van der Waals surface area (Å²) in [5, 5.41) is 1.30. The van der Waals surface area contributed by atoms with E-state index in [0.717, 1.165) is 11.1 Å². The molecular formula is C15H15NO. The fourth-order valence-electron chi connectivity index (χ4n) is 3.88. The Morgan fingerprint density at radius 2 is 1.82 bits per heavy atom. The van der Waals surface area contributed by atoms with Gasteiger partial charge in [-0.1, -0.05) is 18.2 Å².